The highest BCUT2D eigenvalue weighted by molar-refractivity contribution is 9.10. The summed E-state index contributed by atoms with van der Waals surface area (Å²) in [7, 11) is 0. The van der Waals surface area contributed by atoms with Gasteiger partial charge < -0.3 is 14.6 Å². The van der Waals surface area contributed by atoms with Crippen LogP contribution in [0.3, 0.4) is 0 Å². The molecular formula is C37H30Br2O5. The van der Waals surface area contributed by atoms with E-state index in [1.165, 1.54) is 0 Å². The van der Waals surface area contributed by atoms with Crippen molar-refractivity contribution in [1.82, 2.24) is 0 Å². The molecular weight excluding hydrogens is 684 g/mol. The van der Waals surface area contributed by atoms with Gasteiger partial charge in [-0.1, -0.05) is 117 Å². The molecule has 0 aliphatic carbocycles. The normalized spacial score (nSPS) is 13.6. The van der Waals surface area contributed by atoms with E-state index in [2.05, 4.69) is 31.9 Å². The van der Waals surface area contributed by atoms with Crippen molar-refractivity contribution in [2.75, 3.05) is 0 Å². The number of hydrogen-bond acceptors (Lipinski definition) is 4. The average molecular weight is 714 g/mol. The Bertz CT molecular complexity index is 1740. The van der Waals surface area contributed by atoms with E-state index in [1.54, 1.807) is 0 Å². The number of ether oxygens (including phenoxy) is 2. The Morgan fingerprint density at radius 3 is 2.23 bits per heavy atom. The molecule has 44 heavy (non-hydrogen) atoms. The number of fused-ring (bicyclic) bond motifs is 1. The van der Waals surface area contributed by atoms with E-state index in [0.717, 1.165) is 48.1 Å². The van der Waals surface area contributed by atoms with Gasteiger partial charge in [0.2, 0.25) is 0 Å². The predicted molar refractivity (Wildman–Crippen MR) is 179 cm³/mol. The predicted octanol–water partition coefficient (Wildman–Crippen LogP) is 9.60. The summed E-state index contributed by atoms with van der Waals surface area (Å²) in [6.45, 7) is 0.494. The smallest absolute Gasteiger partial charge is 0.312 e. The molecule has 5 aromatic carbocycles. The lowest BCUT2D eigenvalue weighted by atomic mass is 9.86. The van der Waals surface area contributed by atoms with Gasteiger partial charge in [0.05, 0.1) is 6.42 Å². The van der Waals surface area contributed by atoms with Crippen molar-refractivity contribution in [1.29, 1.82) is 0 Å². The van der Waals surface area contributed by atoms with Crippen molar-refractivity contribution in [3.63, 3.8) is 0 Å². The van der Waals surface area contributed by atoms with Crippen LogP contribution in [0.15, 0.2) is 130 Å². The molecule has 0 spiro atoms. The Balaban J connectivity index is 0.000000186. The van der Waals surface area contributed by atoms with Crippen LogP contribution in [-0.2, 0) is 22.6 Å². The first-order valence-electron chi connectivity index (χ1n) is 14.2. The summed E-state index contributed by atoms with van der Waals surface area (Å²) in [4.78, 5) is 22.5. The molecule has 0 aromatic heterocycles. The highest BCUT2D eigenvalue weighted by Crippen LogP contribution is 2.40. The Morgan fingerprint density at radius 2 is 1.48 bits per heavy atom. The van der Waals surface area contributed by atoms with Gasteiger partial charge in [0.1, 0.15) is 18.1 Å². The summed E-state index contributed by atoms with van der Waals surface area (Å²) in [5.41, 5.74) is 6.31. The highest BCUT2D eigenvalue weighted by Gasteiger charge is 2.28. The van der Waals surface area contributed by atoms with Crippen molar-refractivity contribution in [2.24, 2.45) is 0 Å². The number of hydrogen-bond donors (Lipinski definition) is 1. The van der Waals surface area contributed by atoms with E-state index in [0.29, 0.717) is 25.2 Å². The van der Waals surface area contributed by atoms with Crippen LogP contribution in [0.1, 0.15) is 41.0 Å². The Hall–Kier alpha value is -4.20. The minimum atomic E-state index is -0.787. The second-order valence-corrected chi connectivity index (χ2v) is 12.2. The van der Waals surface area contributed by atoms with Crippen LogP contribution in [0.5, 0.6) is 11.5 Å². The lowest BCUT2D eigenvalue weighted by Gasteiger charge is -2.25. The van der Waals surface area contributed by atoms with E-state index in [9.17, 15) is 9.59 Å². The number of aryl methyl sites for hydroxylation is 1. The maximum Gasteiger partial charge on any atom is 0.312 e. The molecule has 0 radical (unpaired) electrons. The number of rotatable bonds is 8. The maximum atomic E-state index is 11.7. The average Bonchev–Trinajstić information content (AvgIpc) is 3.04. The number of carboxylic acids is 1. The second kappa shape index (κ2) is 15.0. The molecule has 1 aliphatic rings. The van der Waals surface area contributed by atoms with Crippen LogP contribution in [0.2, 0.25) is 0 Å². The third kappa shape index (κ3) is 8.46. The fourth-order valence-electron chi connectivity index (χ4n) is 5.04. The molecule has 0 amide bonds. The Morgan fingerprint density at radius 1 is 0.795 bits per heavy atom. The van der Waals surface area contributed by atoms with Crippen LogP contribution in [0.4, 0.5) is 0 Å². The fourth-order valence-corrected chi connectivity index (χ4v) is 5.78. The summed E-state index contributed by atoms with van der Waals surface area (Å²) in [6, 6.07) is 39.7. The van der Waals surface area contributed by atoms with Gasteiger partial charge in [-0.15, -0.1) is 0 Å². The van der Waals surface area contributed by atoms with Gasteiger partial charge in [0.25, 0.3) is 0 Å². The molecule has 222 valence electrons. The largest absolute Gasteiger partial charge is 0.488 e. The molecule has 1 N–H and O–H groups in total. The number of esters is 1. The molecule has 1 atom stereocenters. The molecule has 1 unspecified atom stereocenters. The number of carboxylic acid groups (broad SMARTS) is 1. The van der Waals surface area contributed by atoms with E-state index in [4.69, 9.17) is 14.6 Å². The zero-order valence-electron chi connectivity index (χ0n) is 23.8. The number of carbonyl (C=O) groups is 2. The molecule has 5 aromatic rings. The van der Waals surface area contributed by atoms with Crippen LogP contribution in [0, 0.1) is 0 Å². The van der Waals surface area contributed by atoms with Crippen LogP contribution < -0.4 is 9.47 Å². The summed E-state index contributed by atoms with van der Waals surface area (Å²) < 4.78 is 13.3. The first-order valence-corrected chi connectivity index (χ1v) is 15.8. The van der Waals surface area contributed by atoms with Crippen molar-refractivity contribution in [2.45, 2.75) is 31.8 Å². The Kier molecular flexibility index (Phi) is 10.6. The van der Waals surface area contributed by atoms with Crippen molar-refractivity contribution in [3.8, 4) is 22.6 Å². The Labute approximate surface area is 273 Å². The van der Waals surface area contributed by atoms with E-state index in [-0.39, 0.29) is 18.3 Å². The molecule has 0 fully saturated rings. The third-order valence-corrected chi connectivity index (χ3v) is 8.17. The highest BCUT2D eigenvalue weighted by atomic mass is 79.9. The minimum absolute atomic E-state index is 0.0833. The lowest BCUT2D eigenvalue weighted by Crippen LogP contribution is -2.20. The fraction of sp³-hybridized carbons (Fsp3) is 0.135. The topological polar surface area (TPSA) is 72.8 Å². The van der Waals surface area contributed by atoms with E-state index in [1.807, 2.05) is 121 Å². The van der Waals surface area contributed by atoms with Gasteiger partial charge in [-0.2, -0.15) is 0 Å². The van der Waals surface area contributed by atoms with Crippen LogP contribution in [0.25, 0.3) is 11.1 Å². The van der Waals surface area contributed by atoms with Gasteiger partial charge in [0.15, 0.2) is 0 Å². The van der Waals surface area contributed by atoms with Crippen LogP contribution >= 0.6 is 31.9 Å². The van der Waals surface area contributed by atoms with E-state index < -0.39 is 5.97 Å². The molecule has 5 nitrogen and oxygen atoms in total. The summed E-state index contributed by atoms with van der Waals surface area (Å²) in [6.07, 6.45) is 1.03. The summed E-state index contributed by atoms with van der Waals surface area (Å²) >= 11 is 6.99. The quantitative estimate of drug-likeness (QED) is 0.128. The SMILES string of the molecule is O=C(O)CCc1cccc(-c2cc(Br)ccc2OCc2ccccc2)c1.O=C1CC(c2ccccc2)c2cc(Br)ccc2O1. The zero-order valence-corrected chi connectivity index (χ0v) is 27.0. The number of halogens is 2. The van der Waals surface area contributed by atoms with Crippen molar-refractivity contribution < 1.29 is 24.2 Å². The number of benzene rings is 5. The first kappa shape index (κ1) is 31.2. The molecule has 1 heterocycles. The van der Waals surface area contributed by atoms with Gasteiger partial charge >= 0.3 is 11.9 Å². The van der Waals surface area contributed by atoms with Gasteiger partial charge in [-0.25, -0.2) is 0 Å². The van der Waals surface area contributed by atoms with Gasteiger partial charge in [0, 0.05) is 32.4 Å². The van der Waals surface area contributed by atoms with E-state index >= 15 is 0 Å². The first-order chi connectivity index (χ1) is 21.4. The lowest BCUT2D eigenvalue weighted by molar-refractivity contribution is -0.137. The van der Waals surface area contributed by atoms with Crippen molar-refractivity contribution in [3.05, 3.63) is 153 Å². The molecule has 1 aliphatic heterocycles. The van der Waals surface area contributed by atoms with Gasteiger partial charge in [-0.3, -0.25) is 9.59 Å². The molecule has 7 heteroatoms. The molecule has 0 saturated heterocycles. The second-order valence-electron chi connectivity index (χ2n) is 10.3. The number of carbonyl (C=O) groups excluding carboxylic acids is 1. The molecule has 6 rings (SSSR count). The van der Waals surface area contributed by atoms with Crippen molar-refractivity contribution >= 4 is 43.8 Å². The standard InChI is InChI=1S/C22H19BrO3.C15H11BrO2/c23-19-10-11-21(26-15-17-5-2-1-3-6-17)20(14-19)18-8-4-7-16(13-18)9-12-22(24)25;16-11-6-7-14-13(8-11)12(9-15(17)18-14)10-4-2-1-3-5-10/h1-8,10-11,13-14H,9,12,15H2,(H,24,25);1-8,12H,9H2. The molecule has 0 bridgehead atoms. The van der Waals surface area contributed by atoms with Crippen LogP contribution in [-0.4, -0.2) is 17.0 Å². The zero-order chi connectivity index (χ0) is 30.9. The molecule has 0 saturated carbocycles. The maximum absolute atomic E-state index is 11.7. The monoisotopic (exact) mass is 712 g/mol. The summed E-state index contributed by atoms with van der Waals surface area (Å²) in [5.74, 6) is 0.596. The number of aliphatic carboxylic acids is 1. The third-order valence-electron chi connectivity index (χ3n) is 7.19. The van der Waals surface area contributed by atoms with Gasteiger partial charge in [-0.05, 0) is 65.1 Å². The minimum Gasteiger partial charge on any atom is -0.488 e. The summed E-state index contributed by atoms with van der Waals surface area (Å²) in [5, 5.41) is 8.89.